The van der Waals surface area contributed by atoms with Gasteiger partial charge in [-0.2, -0.15) is 0 Å². The summed E-state index contributed by atoms with van der Waals surface area (Å²) in [5, 5.41) is 0.320. The van der Waals surface area contributed by atoms with Crippen LogP contribution in [0.4, 0.5) is 0 Å². The molecule has 0 aliphatic carbocycles. The predicted octanol–water partition coefficient (Wildman–Crippen LogP) is 7.23. The Morgan fingerprint density at radius 1 is 0.765 bits per heavy atom. The Kier molecular flexibility index (Phi) is 5.97. The van der Waals surface area contributed by atoms with Crippen LogP contribution in [0.2, 0.25) is 0 Å². The van der Waals surface area contributed by atoms with E-state index in [0.29, 0.717) is 16.7 Å². The van der Waals surface area contributed by atoms with Gasteiger partial charge in [0.1, 0.15) is 23.3 Å². The van der Waals surface area contributed by atoms with Crippen LogP contribution in [-0.4, -0.2) is 5.97 Å². The fraction of sp³-hybridized carbons (Fsp3) is 0. The minimum Gasteiger partial charge on any atom is -0.460 e. The number of carbonyl (C=O) groups is 1. The molecular weight excluding hydrogens is 496 g/mol. The van der Waals surface area contributed by atoms with E-state index in [2.05, 4.69) is 15.9 Å². The third-order valence-electron chi connectivity index (χ3n) is 5.17. The first-order valence-corrected chi connectivity index (χ1v) is 11.2. The highest BCUT2D eigenvalue weighted by atomic mass is 79.9. The summed E-state index contributed by atoms with van der Waals surface area (Å²) in [6, 6.07) is 28.9. The zero-order valence-electron chi connectivity index (χ0n) is 17.7. The van der Waals surface area contributed by atoms with E-state index in [9.17, 15) is 9.59 Å². The first-order valence-electron chi connectivity index (χ1n) is 10.4. The van der Waals surface area contributed by atoms with Gasteiger partial charge in [-0.25, -0.2) is 4.79 Å². The quantitative estimate of drug-likeness (QED) is 0.183. The van der Waals surface area contributed by atoms with Gasteiger partial charge >= 0.3 is 5.97 Å². The summed E-state index contributed by atoms with van der Waals surface area (Å²) in [5.74, 6) is 0.345. The highest BCUT2D eigenvalue weighted by molar-refractivity contribution is 9.10. The highest BCUT2D eigenvalue weighted by Crippen LogP contribution is 2.27. The smallest absolute Gasteiger partial charge is 0.343 e. The number of hydrogen-bond acceptors (Lipinski definition) is 5. The van der Waals surface area contributed by atoms with Gasteiger partial charge in [-0.3, -0.25) is 4.79 Å². The summed E-state index contributed by atoms with van der Waals surface area (Å²) >= 11 is 3.33. The molecule has 0 radical (unpaired) electrons. The van der Waals surface area contributed by atoms with Crippen LogP contribution < -0.4 is 14.9 Å². The molecule has 5 aromatic rings. The maximum Gasteiger partial charge on any atom is 0.343 e. The number of ether oxygens (including phenoxy) is 2. The highest BCUT2D eigenvalue weighted by Gasteiger charge is 2.13. The Morgan fingerprint density at radius 3 is 2.26 bits per heavy atom. The van der Waals surface area contributed by atoms with Crippen molar-refractivity contribution in [3.63, 3.8) is 0 Å². The van der Waals surface area contributed by atoms with Gasteiger partial charge in [0.25, 0.3) is 0 Å². The number of esters is 1. The first kappa shape index (κ1) is 21.7. The van der Waals surface area contributed by atoms with Crippen LogP contribution in [0.5, 0.6) is 17.2 Å². The molecule has 34 heavy (non-hydrogen) atoms. The first-order chi connectivity index (χ1) is 16.6. The number of hydrogen-bond donors (Lipinski definition) is 0. The van der Waals surface area contributed by atoms with Crippen molar-refractivity contribution in [2.24, 2.45) is 0 Å². The standard InChI is InChI=1S/C28H17BrO5/c29-21-8-4-7-20(15-21)28(31)34-23-13-14-24-25(16-23)32-17-26(27(24)30)33-22-11-9-19(10-12-22)18-5-2-1-3-6-18/h1-17H. The van der Waals surface area contributed by atoms with Crippen LogP contribution in [0, 0.1) is 0 Å². The molecule has 1 aromatic heterocycles. The lowest BCUT2D eigenvalue weighted by Crippen LogP contribution is -2.09. The van der Waals surface area contributed by atoms with Crippen molar-refractivity contribution < 1.29 is 18.7 Å². The van der Waals surface area contributed by atoms with Crippen LogP contribution in [0.25, 0.3) is 22.1 Å². The molecule has 0 fully saturated rings. The lowest BCUT2D eigenvalue weighted by Gasteiger charge is -2.08. The SMILES string of the molecule is O=C(Oc1ccc2c(=O)c(Oc3ccc(-c4ccccc4)cc3)coc2c1)c1cccc(Br)c1. The van der Waals surface area contributed by atoms with E-state index >= 15 is 0 Å². The Hall–Kier alpha value is -4.16. The molecule has 0 bridgehead atoms. The van der Waals surface area contributed by atoms with Crippen molar-refractivity contribution in [2.75, 3.05) is 0 Å². The molecule has 0 aliphatic heterocycles. The number of benzene rings is 4. The molecule has 0 amide bonds. The molecule has 0 atom stereocenters. The summed E-state index contributed by atoms with van der Waals surface area (Å²) in [7, 11) is 0. The summed E-state index contributed by atoms with van der Waals surface area (Å²) in [4.78, 5) is 25.3. The van der Waals surface area contributed by atoms with Crippen LogP contribution >= 0.6 is 15.9 Å². The van der Waals surface area contributed by atoms with Crippen LogP contribution in [0.15, 0.2) is 117 Å². The van der Waals surface area contributed by atoms with E-state index in [-0.39, 0.29) is 22.5 Å². The maximum atomic E-state index is 12.9. The van der Waals surface area contributed by atoms with Crippen LogP contribution in [0.1, 0.15) is 10.4 Å². The molecular formula is C28H17BrO5. The van der Waals surface area contributed by atoms with E-state index in [1.54, 1.807) is 42.5 Å². The predicted molar refractivity (Wildman–Crippen MR) is 134 cm³/mol. The van der Waals surface area contributed by atoms with E-state index in [4.69, 9.17) is 13.9 Å². The second-order valence-corrected chi connectivity index (χ2v) is 8.40. The number of halogens is 1. The fourth-order valence-electron chi connectivity index (χ4n) is 3.48. The van der Waals surface area contributed by atoms with Gasteiger partial charge in [-0.15, -0.1) is 0 Å². The minimum atomic E-state index is -0.512. The van der Waals surface area contributed by atoms with E-state index in [0.717, 1.165) is 15.6 Å². The number of carbonyl (C=O) groups excluding carboxylic acids is 1. The molecule has 0 saturated carbocycles. The molecule has 0 spiro atoms. The van der Waals surface area contributed by atoms with E-state index < -0.39 is 5.97 Å². The average molecular weight is 513 g/mol. The van der Waals surface area contributed by atoms with Gasteiger partial charge in [0, 0.05) is 10.5 Å². The van der Waals surface area contributed by atoms with Gasteiger partial charge in [-0.1, -0.05) is 64.5 Å². The van der Waals surface area contributed by atoms with Gasteiger partial charge in [0.05, 0.1) is 10.9 Å². The Balaban J connectivity index is 1.35. The molecule has 6 heteroatoms. The van der Waals surface area contributed by atoms with Crippen molar-refractivity contribution in [3.05, 3.63) is 124 Å². The minimum absolute atomic E-state index is 0.0684. The van der Waals surface area contributed by atoms with Crippen molar-refractivity contribution in [2.45, 2.75) is 0 Å². The third kappa shape index (κ3) is 4.63. The topological polar surface area (TPSA) is 65.7 Å². The van der Waals surface area contributed by atoms with Crippen molar-refractivity contribution >= 4 is 32.9 Å². The summed E-state index contributed by atoms with van der Waals surface area (Å²) in [6.45, 7) is 0. The molecule has 0 aliphatic rings. The molecule has 5 nitrogen and oxygen atoms in total. The zero-order valence-corrected chi connectivity index (χ0v) is 19.3. The van der Waals surface area contributed by atoms with Gasteiger partial charge in [0.2, 0.25) is 11.2 Å². The fourth-order valence-corrected chi connectivity index (χ4v) is 3.88. The van der Waals surface area contributed by atoms with Crippen molar-refractivity contribution in [1.82, 2.24) is 0 Å². The number of rotatable bonds is 5. The molecule has 5 rings (SSSR count). The second-order valence-electron chi connectivity index (χ2n) is 7.48. The van der Waals surface area contributed by atoms with E-state index in [1.165, 1.54) is 12.3 Å². The molecule has 4 aromatic carbocycles. The summed E-state index contributed by atoms with van der Waals surface area (Å²) < 4.78 is 17.6. The lowest BCUT2D eigenvalue weighted by molar-refractivity contribution is 0.0735. The summed E-state index contributed by atoms with van der Waals surface area (Å²) in [6.07, 6.45) is 1.26. The Labute approximate surface area is 203 Å². The normalized spacial score (nSPS) is 10.7. The largest absolute Gasteiger partial charge is 0.460 e. The molecule has 0 saturated heterocycles. The van der Waals surface area contributed by atoms with Crippen LogP contribution in [0.3, 0.4) is 0 Å². The second kappa shape index (κ2) is 9.37. The average Bonchev–Trinajstić information content (AvgIpc) is 2.87. The number of fused-ring (bicyclic) bond motifs is 1. The van der Waals surface area contributed by atoms with Gasteiger partial charge in [-0.05, 0) is 53.6 Å². The zero-order chi connectivity index (χ0) is 23.5. The monoisotopic (exact) mass is 512 g/mol. The Bertz CT molecular complexity index is 1540. The Morgan fingerprint density at radius 2 is 1.50 bits per heavy atom. The van der Waals surface area contributed by atoms with Crippen LogP contribution in [-0.2, 0) is 0 Å². The van der Waals surface area contributed by atoms with Gasteiger partial charge in [0.15, 0.2) is 0 Å². The third-order valence-corrected chi connectivity index (χ3v) is 5.67. The molecule has 0 N–H and O–H groups in total. The molecule has 1 heterocycles. The van der Waals surface area contributed by atoms with Gasteiger partial charge < -0.3 is 13.9 Å². The molecule has 166 valence electrons. The molecule has 0 unspecified atom stereocenters. The van der Waals surface area contributed by atoms with Crippen molar-refractivity contribution in [3.8, 4) is 28.4 Å². The van der Waals surface area contributed by atoms with Crippen molar-refractivity contribution in [1.29, 1.82) is 0 Å². The lowest BCUT2D eigenvalue weighted by atomic mass is 10.1. The summed E-state index contributed by atoms with van der Waals surface area (Å²) in [5.41, 5.74) is 2.51. The van der Waals surface area contributed by atoms with E-state index in [1.807, 2.05) is 48.5 Å². The maximum absolute atomic E-state index is 12.9.